The van der Waals surface area contributed by atoms with E-state index in [1.807, 2.05) is 0 Å². The molecule has 0 amide bonds. The molecule has 0 saturated carbocycles. The first kappa shape index (κ1) is 105. The first-order chi connectivity index (χ1) is 51.9. The SMILES string of the molecule is CCCCCCCCCCCCCCCCCCCCCC(=O)O[C@H](COC(=O)CCCCCCCCCCCCCCCCCC(C)C)COP(=O)(O)OC[C@@H](O)COP(=O)(O)OC[C@@H](COC(=O)CCCCCCCCCCCC(C)C)OC(=O)CCCCCCCCCCCCCCCCCCCC. The summed E-state index contributed by atoms with van der Waals surface area (Å²) >= 11 is 0. The van der Waals surface area contributed by atoms with Gasteiger partial charge in [0.25, 0.3) is 0 Å². The lowest BCUT2D eigenvalue weighted by Crippen LogP contribution is -2.30. The van der Waals surface area contributed by atoms with Crippen molar-refractivity contribution in [2.45, 2.75) is 490 Å². The molecule has 0 aromatic carbocycles. The Balaban J connectivity index is 5.26. The fourth-order valence-electron chi connectivity index (χ4n) is 13.8. The Morgan fingerprint density at radius 1 is 0.252 bits per heavy atom. The molecule has 19 heteroatoms. The average Bonchev–Trinajstić information content (AvgIpc) is 0.903. The molecule has 3 N–H and O–H groups in total. The van der Waals surface area contributed by atoms with E-state index in [0.717, 1.165) is 102 Å². The molecule has 0 radical (unpaired) electrons. The Kier molecular flexibility index (Phi) is 77.9. The van der Waals surface area contributed by atoms with Gasteiger partial charge in [-0.15, -0.1) is 0 Å². The summed E-state index contributed by atoms with van der Waals surface area (Å²) in [5.41, 5.74) is 0. The Labute approximate surface area is 658 Å². The summed E-state index contributed by atoms with van der Waals surface area (Å²) in [4.78, 5) is 73.3. The zero-order valence-corrected chi connectivity index (χ0v) is 72.2. The molecule has 107 heavy (non-hydrogen) atoms. The standard InChI is InChI=1S/C88H172O17P2/c1-7-9-11-13-15-17-19-21-23-25-27-29-33-38-42-48-55-61-67-72-87(92)104-83(76-98-85(90)70-64-58-52-46-40-36-34-30-31-35-39-44-50-56-62-68-80(3)4)78-102-106(94,95)100-74-82(89)75-101-107(96,97)103-79-84(77-99-86(91)71-65-59-53-49-43-45-51-57-63-69-81(5)6)105-88(93)73-66-60-54-47-41-37-32-28-26-24-22-20-18-16-14-12-10-8-2/h80-84,89H,7-79H2,1-6H3,(H,94,95)(H,96,97)/t82-,83-,84-/m1/s1. The Bertz CT molecular complexity index is 2050. The van der Waals surface area contributed by atoms with Crippen molar-refractivity contribution in [1.29, 1.82) is 0 Å². The third-order valence-electron chi connectivity index (χ3n) is 20.7. The highest BCUT2D eigenvalue weighted by Gasteiger charge is 2.30. The van der Waals surface area contributed by atoms with Crippen molar-refractivity contribution in [3.8, 4) is 0 Å². The van der Waals surface area contributed by atoms with Crippen LogP contribution in [0.25, 0.3) is 0 Å². The van der Waals surface area contributed by atoms with Gasteiger partial charge < -0.3 is 33.8 Å². The normalized spacial score (nSPS) is 13.8. The number of hydrogen-bond acceptors (Lipinski definition) is 15. The van der Waals surface area contributed by atoms with Crippen molar-refractivity contribution in [2.75, 3.05) is 39.6 Å². The van der Waals surface area contributed by atoms with Gasteiger partial charge >= 0.3 is 39.5 Å². The van der Waals surface area contributed by atoms with Crippen LogP contribution in [-0.4, -0.2) is 96.7 Å². The third kappa shape index (κ3) is 81.9. The molecule has 17 nitrogen and oxygen atoms in total. The van der Waals surface area contributed by atoms with Crippen molar-refractivity contribution in [3.63, 3.8) is 0 Å². The smallest absolute Gasteiger partial charge is 0.462 e. The van der Waals surface area contributed by atoms with Crippen LogP contribution in [0.4, 0.5) is 0 Å². The van der Waals surface area contributed by atoms with E-state index in [1.54, 1.807) is 0 Å². The first-order valence-corrected chi connectivity index (χ1v) is 48.5. The van der Waals surface area contributed by atoms with E-state index < -0.39 is 97.5 Å². The molecular formula is C88H172O17P2. The maximum absolute atomic E-state index is 13.2. The molecular weight excluding hydrogens is 1390 g/mol. The molecule has 0 aromatic heterocycles. The van der Waals surface area contributed by atoms with Gasteiger partial charge in [-0.3, -0.25) is 37.3 Å². The van der Waals surface area contributed by atoms with Crippen molar-refractivity contribution < 1.29 is 80.2 Å². The van der Waals surface area contributed by atoms with Gasteiger partial charge in [-0.25, -0.2) is 9.13 Å². The van der Waals surface area contributed by atoms with Crippen LogP contribution in [0.3, 0.4) is 0 Å². The van der Waals surface area contributed by atoms with E-state index in [2.05, 4.69) is 41.5 Å². The summed E-state index contributed by atoms with van der Waals surface area (Å²) in [7, 11) is -9.93. The number of phosphoric ester groups is 2. The van der Waals surface area contributed by atoms with Gasteiger partial charge in [-0.05, 0) is 37.5 Å². The van der Waals surface area contributed by atoms with Gasteiger partial charge in [0.2, 0.25) is 0 Å². The second-order valence-corrected chi connectivity index (χ2v) is 35.5. The highest BCUT2D eigenvalue weighted by atomic mass is 31.2. The van der Waals surface area contributed by atoms with Gasteiger partial charge in [-0.1, -0.05) is 420 Å². The summed E-state index contributed by atoms with van der Waals surface area (Å²) < 4.78 is 69.0. The van der Waals surface area contributed by atoms with Crippen molar-refractivity contribution in [3.05, 3.63) is 0 Å². The number of carbonyl (C=O) groups is 4. The number of hydrogen-bond donors (Lipinski definition) is 3. The Morgan fingerprint density at radius 3 is 0.636 bits per heavy atom. The molecule has 2 unspecified atom stereocenters. The van der Waals surface area contributed by atoms with E-state index in [1.165, 1.54) is 289 Å². The van der Waals surface area contributed by atoms with Crippen LogP contribution in [-0.2, 0) is 65.4 Å². The molecule has 0 aromatic rings. The molecule has 0 fully saturated rings. The summed E-state index contributed by atoms with van der Waals surface area (Å²) in [6.07, 6.45) is 72.2. The quantitative estimate of drug-likeness (QED) is 0.0222. The Hall–Kier alpha value is -1.94. The molecule has 0 bridgehead atoms. The average molecular weight is 1560 g/mol. The topological polar surface area (TPSA) is 237 Å². The number of carbonyl (C=O) groups excluding carboxylic acids is 4. The summed E-state index contributed by atoms with van der Waals surface area (Å²) in [5.74, 6) is -0.548. The number of aliphatic hydroxyl groups excluding tert-OH is 1. The van der Waals surface area contributed by atoms with Gasteiger partial charge in [0.15, 0.2) is 12.2 Å². The van der Waals surface area contributed by atoms with Crippen LogP contribution in [0.2, 0.25) is 0 Å². The third-order valence-corrected chi connectivity index (χ3v) is 22.6. The fourth-order valence-corrected chi connectivity index (χ4v) is 15.4. The second kappa shape index (κ2) is 79.3. The molecule has 0 aliphatic carbocycles. The number of esters is 4. The predicted molar refractivity (Wildman–Crippen MR) is 442 cm³/mol. The molecule has 636 valence electrons. The molecule has 0 aliphatic heterocycles. The van der Waals surface area contributed by atoms with Crippen LogP contribution in [0.5, 0.6) is 0 Å². The molecule has 0 rings (SSSR count). The molecule has 0 aliphatic rings. The summed E-state index contributed by atoms with van der Waals surface area (Å²) in [6, 6.07) is 0. The van der Waals surface area contributed by atoms with Gasteiger partial charge in [0.05, 0.1) is 26.4 Å². The number of rotatable bonds is 87. The highest BCUT2D eigenvalue weighted by Crippen LogP contribution is 2.45. The van der Waals surface area contributed by atoms with Gasteiger partial charge in [0, 0.05) is 25.7 Å². The summed E-state index contributed by atoms with van der Waals surface area (Å²) in [5, 5.41) is 10.7. The van der Waals surface area contributed by atoms with Crippen LogP contribution in [0, 0.1) is 11.8 Å². The minimum absolute atomic E-state index is 0.109. The zero-order valence-electron chi connectivity index (χ0n) is 70.5. The van der Waals surface area contributed by atoms with Crippen molar-refractivity contribution >= 4 is 39.5 Å². The van der Waals surface area contributed by atoms with Crippen LogP contribution >= 0.6 is 15.6 Å². The number of aliphatic hydroxyl groups is 1. The van der Waals surface area contributed by atoms with Gasteiger partial charge in [0.1, 0.15) is 19.3 Å². The highest BCUT2D eigenvalue weighted by molar-refractivity contribution is 7.47. The van der Waals surface area contributed by atoms with E-state index in [9.17, 15) is 43.2 Å². The monoisotopic (exact) mass is 1560 g/mol. The fraction of sp³-hybridized carbons (Fsp3) is 0.955. The number of unbranched alkanes of at least 4 members (excludes halogenated alkanes) is 57. The summed E-state index contributed by atoms with van der Waals surface area (Å²) in [6.45, 7) is 9.70. The minimum Gasteiger partial charge on any atom is -0.462 e. The number of ether oxygens (including phenoxy) is 4. The van der Waals surface area contributed by atoms with E-state index in [4.69, 9.17) is 37.0 Å². The van der Waals surface area contributed by atoms with Crippen LogP contribution < -0.4 is 0 Å². The van der Waals surface area contributed by atoms with Crippen molar-refractivity contribution in [1.82, 2.24) is 0 Å². The molecule has 0 saturated heterocycles. The Morgan fingerprint density at radius 2 is 0.430 bits per heavy atom. The maximum Gasteiger partial charge on any atom is 0.472 e. The minimum atomic E-state index is -4.97. The molecule has 0 spiro atoms. The lowest BCUT2D eigenvalue weighted by Gasteiger charge is -2.21. The van der Waals surface area contributed by atoms with Crippen LogP contribution in [0.1, 0.15) is 472 Å². The largest absolute Gasteiger partial charge is 0.472 e. The van der Waals surface area contributed by atoms with E-state index in [0.29, 0.717) is 25.7 Å². The van der Waals surface area contributed by atoms with Gasteiger partial charge in [-0.2, -0.15) is 0 Å². The second-order valence-electron chi connectivity index (χ2n) is 32.6. The van der Waals surface area contributed by atoms with E-state index >= 15 is 0 Å². The van der Waals surface area contributed by atoms with E-state index in [-0.39, 0.29) is 25.7 Å². The van der Waals surface area contributed by atoms with Crippen LogP contribution in [0.15, 0.2) is 0 Å². The number of phosphoric acid groups is 2. The zero-order chi connectivity index (χ0) is 78.5. The lowest BCUT2D eigenvalue weighted by atomic mass is 10.0. The molecule has 0 heterocycles. The first-order valence-electron chi connectivity index (χ1n) is 45.5. The lowest BCUT2D eigenvalue weighted by molar-refractivity contribution is -0.161. The molecule has 5 atom stereocenters. The predicted octanol–water partition coefficient (Wildman–Crippen LogP) is 27.0. The maximum atomic E-state index is 13.2. The van der Waals surface area contributed by atoms with Crippen molar-refractivity contribution in [2.24, 2.45) is 11.8 Å².